The minimum Gasteiger partial charge on any atom is -0.309 e. The van der Waals surface area contributed by atoms with Crippen LogP contribution in [0.25, 0.3) is 0 Å². The number of rotatable bonds is 8. The highest BCUT2D eigenvalue weighted by atomic mass is 15.5. The standard InChI is InChI=1S/C14H25N3/c1-4-15-17(12-8-11-16(2)3)13-14-9-6-5-7-10-14/h5-7,9-10,15H,4,8,11-13H2,1-3H3. The van der Waals surface area contributed by atoms with Gasteiger partial charge in [-0.15, -0.1) is 0 Å². The average molecular weight is 235 g/mol. The third kappa shape index (κ3) is 6.41. The van der Waals surface area contributed by atoms with E-state index in [9.17, 15) is 0 Å². The summed E-state index contributed by atoms with van der Waals surface area (Å²) in [7, 11) is 4.24. The van der Waals surface area contributed by atoms with Gasteiger partial charge in [-0.1, -0.05) is 37.3 Å². The van der Waals surface area contributed by atoms with Crippen molar-refractivity contribution in [3.63, 3.8) is 0 Å². The Labute approximate surface area is 105 Å². The molecule has 0 amide bonds. The molecule has 0 aliphatic rings. The molecule has 0 bridgehead atoms. The fourth-order valence-electron chi connectivity index (χ4n) is 1.82. The van der Waals surface area contributed by atoms with Crippen LogP contribution < -0.4 is 5.43 Å². The van der Waals surface area contributed by atoms with E-state index in [0.29, 0.717) is 0 Å². The highest BCUT2D eigenvalue weighted by Crippen LogP contribution is 2.03. The second kappa shape index (κ2) is 8.23. The van der Waals surface area contributed by atoms with Gasteiger partial charge in [0, 0.05) is 19.6 Å². The molecule has 3 nitrogen and oxygen atoms in total. The number of hydrogen-bond acceptors (Lipinski definition) is 3. The van der Waals surface area contributed by atoms with Crippen molar-refractivity contribution in [1.82, 2.24) is 15.3 Å². The van der Waals surface area contributed by atoms with Gasteiger partial charge in [0.15, 0.2) is 0 Å². The number of nitrogens with one attached hydrogen (secondary N) is 1. The summed E-state index contributed by atoms with van der Waals surface area (Å²) in [5.41, 5.74) is 4.78. The molecule has 1 rings (SSSR count). The number of nitrogens with zero attached hydrogens (tertiary/aromatic N) is 2. The second-order valence-corrected chi connectivity index (χ2v) is 4.58. The van der Waals surface area contributed by atoms with Crippen molar-refractivity contribution >= 4 is 0 Å². The molecule has 0 heterocycles. The molecule has 96 valence electrons. The first-order valence-corrected chi connectivity index (χ1v) is 6.39. The molecule has 0 aromatic heterocycles. The lowest BCUT2D eigenvalue weighted by Gasteiger charge is -2.23. The van der Waals surface area contributed by atoms with Crippen molar-refractivity contribution in [2.24, 2.45) is 0 Å². The normalized spacial score (nSPS) is 11.4. The summed E-state index contributed by atoms with van der Waals surface area (Å²) in [6, 6.07) is 10.6. The fraction of sp³-hybridized carbons (Fsp3) is 0.571. The van der Waals surface area contributed by atoms with Gasteiger partial charge < -0.3 is 4.90 Å². The average Bonchev–Trinajstić information content (AvgIpc) is 2.30. The van der Waals surface area contributed by atoms with Crippen molar-refractivity contribution in [1.29, 1.82) is 0 Å². The Kier molecular flexibility index (Phi) is 6.86. The van der Waals surface area contributed by atoms with Crippen molar-refractivity contribution in [2.75, 3.05) is 33.7 Å². The van der Waals surface area contributed by atoms with E-state index in [2.05, 4.69) is 66.7 Å². The van der Waals surface area contributed by atoms with Crippen molar-refractivity contribution in [3.8, 4) is 0 Å². The van der Waals surface area contributed by atoms with Crippen molar-refractivity contribution < 1.29 is 0 Å². The molecule has 1 aromatic rings. The van der Waals surface area contributed by atoms with Crippen molar-refractivity contribution in [3.05, 3.63) is 35.9 Å². The molecule has 0 radical (unpaired) electrons. The first-order chi connectivity index (χ1) is 8.22. The van der Waals surface area contributed by atoms with E-state index in [4.69, 9.17) is 0 Å². The molecule has 1 aromatic carbocycles. The molecular weight excluding hydrogens is 210 g/mol. The van der Waals surface area contributed by atoms with Crippen LogP contribution >= 0.6 is 0 Å². The van der Waals surface area contributed by atoms with Crippen LogP contribution in [-0.2, 0) is 6.54 Å². The SMILES string of the molecule is CCNN(CCCN(C)C)Cc1ccccc1. The highest BCUT2D eigenvalue weighted by molar-refractivity contribution is 5.14. The molecule has 3 heteroatoms. The van der Waals surface area contributed by atoms with Crippen LogP contribution in [0.3, 0.4) is 0 Å². The third-order valence-corrected chi connectivity index (χ3v) is 2.63. The lowest BCUT2D eigenvalue weighted by molar-refractivity contribution is 0.174. The van der Waals surface area contributed by atoms with Gasteiger partial charge in [0.25, 0.3) is 0 Å². The maximum atomic E-state index is 3.42. The van der Waals surface area contributed by atoms with E-state index in [1.807, 2.05) is 0 Å². The van der Waals surface area contributed by atoms with E-state index in [0.717, 1.165) is 26.2 Å². The maximum Gasteiger partial charge on any atom is 0.0381 e. The highest BCUT2D eigenvalue weighted by Gasteiger charge is 2.04. The fourth-order valence-corrected chi connectivity index (χ4v) is 1.82. The van der Waals surface area contributed by atoms with Gasteiger partial charge in [0.05, 0.1) is 0 Å². The topological polar surface area (TPSA) is 18.5 Å². The van der Waals surface area contributed by atoms with Gasteiger partial charge in [-0.05, 0) is 32.6 Å². The number of hydrazine groups is 1. The molecule has 1 N–H and O–H groups in total. The minimum absolute atomic E-state index is 0.974. The zero-order chi connectivity index (χ0) is 12.5. The van der Waals surface area contributed by atoms with Gasteiger partial charge in [-0.2, -0.15) is 0 Å². The predicted molar refractivity (Wildman–Crippen MR) is 73.7 cm³/mol. The van der Waals surface area contributed by atoms with Crippen LogP contribution in [0, 0.1) is 0 Å². The van der Waals surface area contributed by atoms with Gasteiger partial charge in [-0.3, -0.25) is 5.43 Å². The quantitative estimate of drug-likeness (QED) is 0.695. The summed E-state index contributed by atoms with van der Waals surface area (Å²) >= 11 is 0. The Morgan fingerprint density at radius 1 is 1.06 bits per heavy atom. The zero-order valence-electron chi connectivity index (χ0n) is 11.3. The molecule has 0 atom stereocenters. The van der Waals surface area contributed by atoms with Crippen LogP contribution in [-0.4, -0.2) is 43.6 Å². The lowest BCUT2D eigenvalue weighted by atomic mass is 10.2. The molecule has 0 saturated heterocycles. The molecule has 0 aliphatic heterocycles. The summed E-state index contributed by atoms with van der Waals surface area (Å²) in [5, 5.41) is 2.30. The Morgan fingerprint density at radius 3 is 2.35 bits per heavy atom. The Bertz CT molecular complexity index is 285. The Hall–Kier alpha value is -0.900. The summed E-state index contributed by atoms with van der Waals surface area (Å²) in [6.45, 7) is 6.32. The van der Waals surface area contributed by atoms with E-state index in [1.54, 1.807) is 0 Å². The third-order valence-electron chi connectivity index (χ3n) is 2.63. The molecule has 0 aliphatic carbocycles. The lowest BCUT2D eigenvalue weighted by Crippen LogP contribution is -2.38. The Balaban J connectivity index is 2.37. The van der Waals surface area contributed by atoms with Crippen LogP contribution in [0.5, 0.6) is 0 Å². The zero-order valence-corrected chi connectivity index (χ0v) is 11.3. The van der Waals surface area contributed by atoms with Gasteiger partial charge in [0.2, 0.25) is 0 Å². The molecule has 0 fully saturated rings. The molecule has 17 heavy (non-hydrogen) atoms. The van der Waals surface area contributed by atoms with E-state index < -0.39 is 0 Å². The summed E-state index contributed by atoms with van der Waals surface area (Å²) in [5.74, 6) is 0. The smallest absolute Gasteiger partial charge is 0.0381 e. The monoisotopic (exact) mass is 235 g/mol. The largest absolute Gasteiger partial charge is 0.309 e. The van der Waals surface area contributed by atoms with Crippen LogP contribution in [0.2, 0.25) is 0 Å². The first-order valence-electron chi connectivity index (χ1n) is 6.39. The van der Waals surface area contributed by atoms with Gasteiger partial charge in [-0.25, -0.2) is 5.01 Å². The van der Waals surface area contributed by atoms with E-state index in [1.165, 1.54) is 12.0 Å². The summed E-state index contributed by atoms with van der Waals surface area (Å²) in [4.78, 5) is 2.23. The maximum absolute atomic E-state index is 3.42. The van der Waals surface area contributed by atoms with Crippen LogP contribution in [0.1, 0.15) is 18.9 Å². The molecule has 0 saturated carbocycles. The summed E-state index contributed by atoms with van der Waals surface area (Å²) < 4.78 is 0. The molecular formula is C14H25N3. The molecule has 0 unspecified atom stereocenters. The number of benzene rings is 1. The van der Waals surface area contributed by atoms with E-state index in [-0.39, 0.29) is 0 Å². The van der Waals surface area contributed by atoms with Crippen molar-refractivity contribution in [2.45, 2.75) is 19.9 Å². The van der Waals surface area contributed by atoms with E-state index >= 15 is 0 Å². The number of hydrogen-bond donors (Lipinski definition) is 1. The Morgan fingerprint density at radius 2 is 1.76 bits per heavy atom. The van der Waals surface area contributed by atoms with Crippen LogP contribution in [0.4, 0.5) is 0 Å². The predicted octanol–water partition coefficient (Wildman–Crippen LogP) is 1.96. The van der Waals surface area contributed by atoms with Crippen LogP contribution in [0.15, 0.2) is 30.3 Å². The van der Waals surface area contributed by atoms with Gasteiger partial charge >= 0.3 is 0 Å². The minimum atomic E-state index is 0.974. The summed E-state index contributed by atoms with van der Waals surface area (Å²) in [6.07, 6.45) is 1.19. The molecule has 0 spiro atoms. The first kappa shape index (κ1) is 14.2. The van der Waals surface area contributed by atoms with Gasteiger partial charge in [0.1, 0.15) is 0 Å². The second-order valence-electron chi connectivity index (χ2n) is 4.58.